The predicted octanol–water partition coefficient (Wildman–Crippen LogP) is 3.21. The summed E-state index contributed by atoms with van der Waals surface area (Å²) in [5, 5.41) is 4.26. The Labute approximate surface area is 130 Å². The van der Waals surface area contributed by atoms with Gasteiger partial charge in [-0.05, 0) is 30.5 Å². The van der Waals surface area contributed by atoms with Gasteiger partial charge >= 0.3 is 0 Å². The monoisotopic (exact) mass is 302 g/mol. The van der Waals surface area contributed by atoms with Crippen molar-refractivity contribution in [1.82, 2.24) is 14.9 Å². The lowest BCUT2D eigenvalue weighted by molar-refractivity contribution is 0.211. The van der Waals surface area contributed by atoms with Crippen LogP contribution in [0.3, 0.4) is 0 Å². The van der Waals surface area contributed by atoms with Gasteiger partial charge in [0, 0.05) is 43.1 Å². The molecule has 1 N–H and O–H groups in total. The fourth-order valence-electron chi connectivity index (χ4n) is 2.66. The lowest BCUT2D eigenvalue weighted by Gasteiger charge is -2.32. The highest BCUT2D eigenvalue weighted by molar-refractivity contribution is 6.31. The van der Waals surface area contributed by atoms with E-state index in [9.17, 15) is 0 Å². The predicted molar refractivity (Wildman–Crippen MR) is 85.4 cm³/mol. The van der Waals surface area contributed by atoms with Gasteiger partial charge in [0.05, 0.1) is 0 Å². The van der Waals surface area contributed by atoms with E-state index in [1.807, 2.05) is 24.3 Å². The molecule has 1 aromatic carbocycles. The molecule has 0 radical (unpaired) electrons. The number of anilines is 1. The Kier molecular flexibility index (Phi) is 4.68. The van der Waals surface area contributed by atoms with Crippen LogP contribution in [-0.2, 0) is 6.54 Å². The normalized spacial score (nSPS) is 16.8. The first-order valence-electron chi connectivity index (χ1n) is 7.30. The van der Waals surface area contributed by atoms with Crippen LogP contribution in [0.15, 0.2) is 42.7 Å². The smallest absolute Gasteiger partial charge is 0.222 e. The number of hydrogen-bond donors (Lipinski definition) is 1. The molecule has 0 aliphatic carbocycles. The number of halogens is 1. The zero-order chi connectivity index (χ0) is 14.5. The number of nitrogens with one attached hydrogen (secondary N) is 1. The Morgan fingerprint density at radius 3 is 2.52 bits per heavy atom. The van der Waals surface area contributed by atoms with Crippen LogP contribution in [-0.4, -0.2) is 34.0 Å². The highest BCUT2D eigenvalue weighted by Gasteiger charge is 2.20. The Morgan fingerprint density at radius 1 is 1.10 bits per heavy atom. The SMILES string of the molecule is Clc1ccccc1CN1CCC(Nc2ncccn2)CC1. The molecule has 0 unspecified atom stereocenters. The summed E-state index contributed by atoms with van der Waals surface area (Å²) in [4.78, 5) is 10.9. The molecule has 0 saturated carbocycles. The molecule has 2 heterocycles. The Morgan fingerprint density at radius 2 is 1.81 bits per heavy atom. The molecule has 1 aliphatic rings. The van der Waals surface area contributed by atoms with E-state index in [1.54, 1.807) is 12.4 Å². The van der Waals surface area contributed by atoms with Gasteiger partial charge in [0.2, 0.25) is 5.95 Å². The first kappa shape index (κ1) is 14.3. The average molecular weight is 303 g/mol. The minimum absolute atomic E-state index is 0.454. The van der Waals surface area contributed by atoms with Crippen LogP contribution in [0.25, 0.3) is 0 Å². The molecule has 3 rings (SSSR count). The van der Waals surface area contributed by atoms with Gasteiger partial charge in [-0.15, -0.1) is 0 Å². The van der Waals surface area contributed by atoms with Gasteiger partial charge in [-0.1, -0.05) is 29.8 Å². The van der Waals surface area contributed by atoms with E-state index in [2.05, 4.69) is 26.3 Å². The highest BCUT2D eigenvalue weighted by atomic mass is 35.5. The van der Waals surface area contributed by atoms with E-state index in [0.717, 1.165) is 43.4 Å². The van der Waals surface area contributed by atoms with Crippen LogP contribution in [0, 0.1) is 0 Å². The first-order chi connectivity index (χ1) is 10.3. The number of benzene rings is 1. The summed E-state index contributed by atoms with van der Waals surface area (Å²) in [5.41, 5.74) is 1.21. The highest BCUT2D eigenvalue weighted by Crippen LogP contribution is 2.20. The maximum absolute atomic E-state index is 6.22. The van der Waals surface area contributed by atoms with Gasteiger partial charge in [0.15, 0.2) is 0 Å². The molecule has 1 saturated heterocycles. The van der Waals surface area contributed by atoms with Gasteiger partial charge in [0.1, 0.15) is 0 Å². The Bertz CT molecular complexity index is 567. The zero-order valence-electron chi connectivity index (χ0n) is 11.9. The van der Waals surface area contributed by atoms with Crippen LogP contribution in [0.5, 0.6) is 0 Å². The molecule has 110 valence electrons. The van der Waals surface area contributed by atoms with Gasteiger partial charge in [0.25, 0.3) is 0 Å². The minimum atomic E-state index is 0.454. The Balaban J connectivity index is 1.50. The lowest BCUT2D eigenvalue weighted by atomic mass is 10.0. The summed E-state index contributed by atoms with van der Waals surface area (Å²) in [6.07, 6.45) is 5.73. The Hall–Kier alpha value is -1.65. The van der Waals surface area contributed by atoms with E-state index >= 15 is 0 Å². The average Bonchev–Trinajstić information content (AvgIpc) is 2.52. The molecular weight excluding hydrogens is 284 g/mol. The van der Waals surface area contributed by atoms with Crippen molar-refractivity contribution in [3.8, 4) is 0 Å². The molecule has 4 nitrogen and oxygen atoms in total. The van der Waals surface area contributed by atoms with Crippen LogP contribution in [0.4, 0.5) is 5.95 Å². The summed E-state index contributed by atoms with van der Waals surface area (Å²) in [5.74, 6) is 0.724. The van der Waals surface area contributed by atoms with Crippen LogP contribution < -0.4 is 5.32 Å². The van der Waals surface area contributed by atoms with E-state index in [4.69, 9.17) is 11.6 Å². The van der Waals surface area contributed by atoms with E-state index in [1.165, 1.54) is 5.56 Å². The maximum atomic E-state index is 6.22. The van der Waals surface area contributed by atoms with Crippen LogP contribution >= 0.6 is 11.6 Å². The van der Waals surface area contributed by atoms with Gasteiger partial charge in [-0.2, -0.15) is 0 Å². The second kappa shape index (κ2) is 6.87. The first-order valence-corrected chi connectivity index (χ1v) is 7.68. The number of piperidine rings is 1. The van der Waals surface area contributed by atoms with Crippen LogP contribution in [0.1, 0.15) is 18.4 Å². The van der Waals surface area contributed by atoms with Crippen molar-refractivity contribution in [1.29, 1.82) is 0 Å². The van der Waals surface area contributed by atoms with Crippen LogP contribution in [0.2, 0.25) is 5.02 Å². The number of hydrogen-bond acceptors (Lipinski definition) is 4. The standard InChI is InChI=1S/C16H19ClN4/c17-15-5-2-1-4-13(15)12-21-10-6-14(7-11-21)20-16-18-8-3-9-19-16/h1-5,8-9,14H,6-7,10-12H2,(H,18,19,20). The molecular formula is C16H19ClN4. The summed E-state index contributed by atoms with van der Waals surface area (Å²) < 4.78 is 0. The van der Waals surface area contributed by atoms with Crippen molar-refractivity contribution >= 4 is 17.5 Å². The van der Waals surface area contributed by atoms with Crippen molar-refractivity contribution in [3.63, 3.8) is 0 Å². The molecule has 0 bridgehead atoms. The second-order valence-electron chi connectivity index (χ2n) is 5.36. The van der Waals surface area contributed by atoms with Crippen molar-refractivity contribution in [2.75, 3.05) is 18.4 Å². The minimum Gasteiger partial charge on any atom is -0.351 e. The summed E-state index contributed by atoms with van der Waals surface area (Å²) in [7, 11) is 0. The molecule has 1 fully saturated rings. The fourth-order valence-corrected chi connectivity index (χ4v) is 2.85. The number of nitrogens with zero attached hydrogens (tertiary/aromatic N) is 3. The van der Waals surface area contributed by atoms with E-state index < -0.39 is 0 Å². The molecule has 0 spiro atoms. The molecule has 0 amide bonds. The largest absolute Gasteiger partial charge is 0.351 e. The number of likely N-dealkylation sites (tertiary alicyclic amines) is 1. The molecule has 1 aliphatic heterocycles. The van der Waals surface area contributed by atoms with Crippen molar-refractivity contribution in [2.45, 2.75) is 25.4 Å². The quantitative estimate of drug-likeness (QED) is 0.941. The van der Waals surface area contributed by atoms with Crippen molar-refractivity contribution in [3.05, 3.63) is 53.3 Å². The van der Waals surface area contributed by atoms with Gasteiger partial charge in [-0.25, -0.2) is 9.97 Å². The topological polar surface area (TPSA) is 41.0 Å². The summed E-state index contributed by atoms with van der Waals surface area (Å²) in [6.45, 7) is 3.06. The zero-order valence-corrected chi connectivity index (χ0v) is 12.6. The van der Waals surface area contributed by atoms with E-state index in [-0.39, 0.29) is 0 Å². The fraction of sp³-hybridized carbons (Fsp3) is 0.375. The summed E-state index contributed by atoms with van der Waals surface area (Å²) in [6, 6.07) is 10.4. The molecule has 1 aromatic heterocycles. The third-order valence-corrected chi connectivity index (χ3v) is 4.21. The van der Waals surface area contributed by atoms with Gasteiger partial charge < -0.3 is 5.32 Å². The molecule has 2 aromatic rings. The van der Waals surface area contributed by atoms with E-state index in [0.29, 0.717) is 6.04 Å². The molecule has 21 heavy (non-hydrogen) atoms. The summed E-state index contributed by atoms with van der Waals surface area (Å²) >= 11 is 6.22. The second-order valence-corrected chi connectivity index (χ2v) is 5.77. The maximum Gasteiger partial charge on any atom is 0.222 e. The molecule has 0 atom stereocenters. The molecule has 5 heteroatoms. The third-order valence-electron chi connectivity index (χ3n) is 3.84. The third kappa shape index (κ3) is 3.93. The van der Waals surface area contributed by atoms with Crippen molar-refractivity contribution in [2.24, 2.45) is 0 Å². The lowest BCUT2D eigenvalue weighted by Crippen LogP contribution is -2.39. The van der Waals surface area contributed by atoms with Gasteiger partial charge in [-0.3, -0.25) is 4.90 Å². The van der Waals surface area contributed by atoms with Crippen molar-refractivity contribution < 1.29 is 0 Å². The number of rotatable bonds is 4. The number of aromatic nitrogens is 2.